The number of fused-ring (bicyclic) bond motifs is 7. The predicted molar refractivity (Wildman–Crippen MR) is 233 cm³/mol. The van der Waals surface area contributed by atoms with Crippen molar-refractivity contribution in [2.45, 2.75) is 88.8 Å². The van der Waals surface area contributed by atoms with E-state index in [9.17, 15) is 25.9 Å². The molecule has 298 valence electrons. The fourth-order valence-electron chi connectivity index (χ4n) is 10.6. The molecule has 8 nitrogen and oxygen atoms in total. The molecular weight excluding hydrogens is 776 g/mol. The van der Waals surface area contributed by atoms with Crippen molar-refractivity contribution in [1.29, 1.82) is 0 Å². The largest absolute Gasteiger partial charge is 0.320 e. The number of rotatable bonds is 9. The number of hydrogen-bond donors (Lipinski definition) is 2. The Morgan fingerprint density at radius 2 is 1.46 bits per heavy atom. The lowest BCUT2D eigenvalue weighted by Gasteiger charge is -2.37. The number of hydrogen-bond acceptors (Lipinski definition) is 4. The molecule has 57 heavy (non-hydrogen) atoms. The molecule has 1 aliphatic carbocycles. The van der Waals surface area contributed by atoms with Crippen LogP contribution in [0.5, 0.6) is 0 Å². The van der Waals surface area contributed by atoms with E-state index in [1.165, 1.54) is 10.9 Å². The summed E-state index contributed by atoms with van der Waals surface area (Å²) in [5.41, 5.74) is 7.47. The first-order valence-corrected chi connectivity index (χ1v) is 23.4. The van der Waals surface area contributed by atoms with E-state index in [0.29, 0.717) is 43.8 Å². The number of benzene rings is 4. The molecule has 1 fully saturated rings. The van der Waals surface area contributed by atoms with Crippen molar-refractivity contribution in [1.82, 2.24) is 4.48 Å². The molecule has 0 amide bonds. The van der Waals surface area contributed by atoms with E-state index in [-0.39, 0.29) is 15.7 Å². The average Bonchev–Trinajstić information content (AvgIpc) is 3.76. The zero-order valence-electron chi connectivity index (χ0n) is 33.0. The smallest absolute Gasteiger partial charge is 0.286 e. The molecule has 1 spiro atoms. The minimum Gasteiger partial charge on any atom is -0.286 e. The molecule has 1 saturated heterocycles. The second-order valence-corrected chi connectivity index (χ2v) is 20.6. The molecule has 2 atom stereocenters. The molecule has 0 radical (unpaired) electrons. The second-order valence-electron chi connectivity index (χ2n) is 17.1. The number of nitrogens with zero attached hydrogens (tertiary/aromatic N) is 2. The van der Waals surface area contributed by atoms with Gasteiger partial charge in [0.05, 0.1) is 23.1 Å². The zero-order chi connectivity index (χ0) is 40.5. The Kier molecular flexibility index (Phi) is 10.1. The molecule has 0 saturated carbocycles. The Balaban J connectivity index is 1.20. The lowest BCUT2D eigenvalue weighted by atomic mass is 9.78. The van der Waals surface area contributed by atoms with Crippen molar-refractivity contribution in [2.24, 2.45) is 0 Å². The predicted octanol–water partition coefficient (Wildman–Crippen LogP) is 10.4. The van der Waals surface area contributed by atoms with E-state index in [1.807, 2.05) is 18.2 Å². The number of unbranched alkanes of at least 4 members (excludes halogenated alkanes) is 1. The number of allylic oxidation sites excluding steroid dienone is 8. The van der Waals surface area contributed by atoms with Crippen LogP contribution >= 0.6 is 11.6 Å². The molecule has 4 aromatic rings. The van der Waals surface area contributed by atoms with Crippen LogP contribution in [0.4, 0.5) is 11.4 Å². The Labute approximate surface area is 341 Å². The van der Waals surface area contributed by atoms with E-state index < -0.39 is 31.0 Å². The van der Waals surface area contributed by atoms with Gasteiger partial charge < -0.3 is 0 Å². The SMILES string of the molecule is CC1(C)C(/C=C/C2=C(Cl)C(=C/C=C3\C(C)(C)c4c(ccc5ccccc45)[N+]34CCCC4S(=O)(=O)O)/CCC2)=[N+](CCCCS(=O)(=O)O)c2ccc3ccccc3c21. The second kappa shape index (κ2) is 14.4. The maximum absolute atomic E-state index is 13.1. The monoisotopic (exact) mass is 826 g/mol. The van der Waals surface area contributed by atoms with Gasteiger partial charge in [-0.3, -0.25) is 9.11 Å². The lowest BCUT2D eigenvalue weighted by Crippen LogP contribution is -2.55. The van der Waals surface area contributed by atoms with Crippen LogP contribution in [0, 0.1) is 0 Å². The Hall–Kier alpha value is -3.90. The van der Waals surface area contributed by atoms with Crippen LogP contribution < -0.4 is 4.48 Å². The first-order chi connectivity index (χ1) is 27.0. The quantitative estimate of drug-likeness (QED) is 0.0752. The van der Waals surface area contributed by atoms with Gasteiger partial charge in [0.15, 0.2) is 5.71 Å². The molecule has 2 unspecified atom stereocenters. The topological polar surface area (TPSA) is 112 Å². The first kappa shape index (κ1) is 39.9. The Morgan fingerprint density at radius 1 is 0.789 bits per heavy atom. The maximum Gasteiger partial charge on any atom is 0.320 e. The molecule has 4 aliphatic rings. The maximum atomic E-state index is 13.1. The first-order valence-electron chi connectivity index (χ1n) is 19.9. The van der Waals surface area contributed by atoms with Gasteiger partial charge >= 0.3 is 10.1 Å². The van der Waals surface area contributed by atoms with Crippen molar-refractivity contribution >= 4 is 70.5 Å². The Morgan fingerprint density at radius 3 is 2.14 bits per heavy atom. The van der Waals surface area contributed by atoms with Gasteiger partial charge in [-0.25, -0.2) is 4.48 Å². The minimum absolute atomic E-state index is 0.0899. The van der Waals surface area contributed by atoms with Crippen molar-refractivity contribution in [2.75, 3.05) is 18.8 Å². The molecule has 0 aromatic heterocycles. The summed E-state index contributed by atoms with van der Waals surface area (Å²) in [4.78, 5) is 0. The van der Waals surface area contributed by atoms with E-state index >= 15 is 0 Å². The normalized spacial score (nSPS) is 24.6. The van der Waals surface area contributed by atoms with Crippen LogP contribution in [-0.4, -0.2) is 60.4 Å². The van der Waals surface area contributed by atoms with Gasteiger partial charge in [-0.05, 0) is 104 Å². The highest BCUT2D eigenvalue weighted by Crippen LogP contribution is 2.59. The van der Waals surface area contributed by atoms with Crippen molar-refractivity contribution < 1.29 is 30.5 Å². The molecule has 2 N–H and O–H groups in total. The van der Waals surface area contributed by atoms with Crippen LogP contribution in [-0.2, 0) is 31.1 Å². The highest BCUT2D eigenvalue weighted by Gasteiger charge is 2.63. The fraction of sp³-hybridized carbons (Fsp3) is 0.370. The average molecular weight is 828 g/mol. The summed E-state index contributed by atoms with van der Waals surface area (Å²) in [5, 5.41) is 4.21. The summed E-state index contributed by atoms with van der Waals surface area (Å²) in [7, 11) is -8.44. The van der Waals surface area contributed by atoms with Crippen LogP contribution in [0.2, 0.25) is 0 Å². The van der Waals surface area contributed by atoms with Crippen molar-refractivity contribution in [3.8, 4) is 0 Å². The summed E-state index contributed by atoms with van der Waals surface area (Å²) in [6.07, 6.45) is 12.9. The molecule has 4 aromatic carbocycles. The molecule has 0 bridgehead atoms. The zero-order valence-corrected chi connectivity index (χ0v) is 35.4. The summed E-state index contributed by atoms with van der Waals surface area (Å²) in [5.74, 6) is -0.274. The van der Waals surface area contributed by atoms with Gasteiger partial charge in [0.25, 0.3) is 10.1 Å². The van der Waals surface area contributed by atoms with Crippen LogP contribution in [0.15, 0.2) is 119 Å². The Bertz CT molecular complexity index is 2720. The van der Waals surface area contributed by atoms with Gasteiger partial charge in [0.1, 0.15) is 17.9 Å². The van der Waals surface area contributed by atoms with E-state index in [0.717, 1.165) is 74.9 Å². The summed E-state index contributed by atoms with van der Waals surface area (Å²) in [6.45, 7) is 9.95. The molecule has 3 aliphatic heterocycles. The summed E-state index contributed by atoms with van der Waals surface area (Å²) < 4.78 is 71.8. The van der Waals surface area contributed by atoms with Crippen LogP contribution in [0.25, 0.3) is 21.5 Å². The third-order valence-corrected chi connectivity index (χ3v) is 15.5. The van der Waals surface area contributed by atoms with Crippen LogP contribution in [0.1, 0.15) is 83.8 Å². The molecular formula is C46H51ClN2O6S2+2. The number of quaternary nitrogens is 1. The van der Waals surface area contributed by atoms with Crippen molar-refractivity contribution in [3.63, 3.8) is 0 Å². The standard InChI is InChI=1S/C46H49ClN2O6S2/c1-45(2)39(48(28-9-10-30-56(50,51)52)37-24-20-31-13-5-7-17-35(31)42(37)45)26-22-33-15-11-16-34(44(33)47)23-27-40-46(3,4)43-36-18-8-6-14-32(36)21-25-38(43)49(40)29-12-19-41(49)57(53,54)55/h5-8,13-14,17-18,20-27,41H,9-12,15-16,19,28-30H2,1-4H3/p+2/b26-22+,34-23+,40-27+. The third-order valence-electron chi connectivity index (χ3n) is 13.0. The fourth-order valence-corrected chi connectivity index (χ4v) is 12.7. The van der Waals surface area contributed by atoms with E-state index in [2.05, 4.69) is 111 Å². The number of halogens is 1. The third kappa shape index (κ3) is 6.76. The highest BCUT2D eigenvalue weighted by molar-refractivity contribution is 7.86. The van der Waals surface area contributed by atoms with E-state index in [1.54, 1.807) is 0 Å². The van der Waals surface area contributed by atoms with Gasteiger partial charge in [-0.1, -0.05) is 72.3 Å². The molecule has 3 heterocycles. The van der Waals surface area contributed by atoms with Gasteiger partial charge in [0.2, 0.25) is 11.1 Å². The lowest BCUT2D eigenvalue weighted by molar-refractivity contribution is -0.438. The van der Waals surface area contributed by atoms with Crippen molar-refractivity contribution in [3.05, 3.63) is 130 Å². The van der Waals surface area contributed by atoms with Gasteiger partial charge in [-0.2, -0.15) is 21.4 Å². The van der Waals surface area contributed by atoms with Gasteiger partial charge in [-0.15, -0.1) is 0 Å². The summed E-state index contributed by atoms with van der Waals surface area (Å²) in [6, 6.07) is 25.0. The summed E-state index contributed by atoms with van der Waals surface area (Å²) >= 11 is 7.32. The van der Waals surface area contributed by atoms with Gasteiger partial charge in [0, 0.05) is 53.6 Å². The molecule has 8 rings (SSSR count). The van der Waals surface area contributed by atoms with E-state index in [4.69, 9.17) is 11.6 Å². The minimum atomic E-state index is -4.39. The highest BCUT2D eigenvalue weighted by atomic mass is 35.5. The van der Waals surface area contributed by atoms with Crippen LogP contribution in [0.3, 0.4) is 0 Å². The molecule has 11 heteroatoms.